The van der Waals surface area contributed by atoms with Crippen LogP contribution in [0.2, 0.25) is 0 Å². The maximum Gasteiger partial charge on any atom is 0.300 e. The second-order valence-corrected chi connectivity index (χ2v) is 7.34. The van der Waals surface area contributed by atoms with E-state index in [-0.39, 0.29) is 11.3 Å². The topological polar surface area (TPSA) is 70.5 Å². The van der Waals surface area contributed by atoms with Gasteiger partial charge in [-0.2, -0.15) is 0 Å². The molecule has 5 heteroatoms. The van der Waals surface area contributed by atoms with Crippen LogP contribution in [0.15, 0.2) is 78.6 Å². The standard InChI is InChI=1S/C25H22N2O3/c1-3-17-6-10-20(11-7-17)27-22(18-12-14-26-15-13-18)21(24(29)25(27)30)23(28)19-8-4-16(2)5-9-19/h4-15,22,28H,3H2,1-2H3/b23-21-. The largest absolute Gasteiger partial charge is 0.507 e. The van der Waals surface area contributed by atoms with E-state index in [1.807, 2.05) is 43.3 Å². The number of aryl methyl sites for hydroxylation is 2. The lowest BCUT2D eigenvalue weighted by Crippen LogP contribution is -2.29. The predicted molar refractivity (Wildman–Crippen MR) is 116 cm³/mol. The molecule has 2 aromatic carbocycles. The van der Waals surface area contributed by atoms with Crippen LogP contribution in [-0.2, 0) is 16.0 Å². The van der Waals surface area contributed by atoms with Crippen molar-refractivity contribution in [1.82, 2.24) is 4.98 Å². The van der Waals surface area contributed by atoms with Crippen LogP contribution in [0.3, 0.4) is 0 Å². The second-order valence-electron chi connectivity index (χ2n) is 7.34. The summed E-state index contributed by atoms with van der Waals surface area (Å²) in [6.07, 6.45) is 4.10. The Labute approximate surface area is 175 Å². The number of nitrogens with zero attached hydrogens (tertiary/aromatic N) is 2. The number of hydrogen-bond donors (Lipinski definition) is 1. The summed E-state index contributed by atoms with van der Waals surface area (Å²) in [4.78, 5) is 31.6. The normalized spacial score (nSPS) is 18.1. The number of carbonyl (C=O) groups is 2. The maximum absolute atomic E-state index is 13.1. The Morgan fingerprint density at radius 1 is 0.967 bits per heavy atom. The molecule has 1 N–H and O–H groups in total. The number of hydrogen-bond acceptors (Lipinski definition) is 4. The first kappa shape index (κ1) is 19.6. The Morgan fingerprint density at radius 3 is 2.20 bits per heavy atom. The molecule has 1 aliphatic heterocycles. The highest BCUT2D eigenvalue weighted by molar-refractivity contribution is 6.51. The lowest BCUT2D eigenvalue weighted by molar-refractivity contribution is -0.132. The lowest BCUT2D eigenvalue weighted by atomic mass is 9.95. The van der Waals surface area contributed by atoms with E-state index in [0.29, 0.717) is 16.8 Å². The fraction of sp³-hybridized carbons (Fsp3) is 0.160. The predicted octanol–water partition coefficient (Wildman–Crippen LogP) is 4.58. The first-order chi connectivity index (χ1) is 14.5. The molecule has 3 aromatic rings. The molecule has 5 nitrogen and oxygen atoms in total. The number of carbonyl (C=O) groups excluding carboxylic acids is 2. The van der Waals surface area contributed by atoms with Crippen LogP contribution in [0, 0.1) is 6.92 Å². The number of ketones is 1. The third-order valence-electron chi connectivity index (χ3n) is 5.41. The van der Waals surface area contributed by atoms with Crippen LogP contribution in [0.4, 0.5) is 5.69 Å². The van der Waals surface area contributed by atoms with Crippen LogP contribution in [0.1, 0.15) is 35.2 Å². The van der Waals surface area contributed by atoms with Gasteiger partial charge in [0.15, 0.2) is 0 Å². The molecule has 2 heterocycles. The molecular formula is C25H22N2O3. The van der Waals surface area contributed by atoms with Gasteiger partial charge in [0.2, 0.25) is 0 Å². The first-order valence-corrected chi connectivity index (χ1v) is 9.88. The number of aromatic nitrogens is 1. The lowest BCUT2D eigenvalue weighted by Gasteiger charge is -2.25. The number of amides is 1. The summed E-state index contributed by atoms with van der Waals surface area (Å²) in [6.45, 7) is 4.00. The van der Waals surface area contributed by atoms with Crippen LogP contribution in [0.5, 0.6) is 0 Å². The Balaban J connectivity index is 1.90. The minimum atomic E-state index is -0.734. The van der Waals surface area contributed by atoms with Gasteiger partial charge in [-0.3, -0.25) is 19.5 Å². The van der Waals surface area contributed by atoms with Crippen molar-refractivity contribution < 1.29 is 14.7 Å². The van der Waals surface area contributed by atoms with Gasteiger partial charge < -0.3 is 5.11 Å². The summed E-state index contributed by atoms with van der Waals surface area (Å²) in [5.74, 6) is -1.54. The summed E-state index contributed by atoms with van der Waals surface area (Å²) >= 11 is 0. The average molecular weight is 398 g/mol. The monoisotopic (exact) mass is 398 g/mol. The third-order valence-corrected chi connectivity index (χ3v) is 5.41. The highest BCUT2D eigenvalue weighted by Crippen LogP contribution is 2.42. The summed E-state index contributed by atoms with van der Waals surface area (Å²) in [5.41, 5.74) is 4.06. The van der Waals surface area contributed by atoms with E-state index in [4.69, 9.17) is 0 Å². The highest BCUT2D eigenvalue weighted by Gasteiger charge is 2.46. The summed E-state index contributed by atoms with van der Waals surface area (Å²) in [5, 5.41) is 11.0. The van der Waals surface area contributed by atoms with Crippen molar-refractivity contribution in [3.8, 4) is 0 Å². The van der Waals surface area contributed by atoms with Crippen LogP contribution < -0.4 is 4.90 Å². The summed E-state index contributed by atoms with van der Waals surface area (Å²) < 4.78 is 0. The maximum atomic E-state index is 13.1. The van der Waals surface area contributed by atoms with E-state index in [9.17, 15) is 14.7 Å². The van der Waals surface area contributed by atoms with Crippen LogP contribution >= 0.6 is 0 Å². The smallest absolute Gasteiger partial charge is 0.300 e. The van der Waals surface area contributed by atoms with Gasteiger partial charge in [0.05, 0.1) is 11.6 Å². The minimum Gasteiger partial charge on any atom is -0.507 e. The van der Waals surface area contributed by atoms with Crippen molar-refractivity contribution >= 4 is 23.1 Å². The fourth-order valence-electron chi connectivity index (χ4n) is 3.72. The van der Waals surface area contributed by atoms with E-state index >= 15 is 0 Å². The van der Waals surface area contributed by atoms with Gasteiger partial charge >= 0.3 is 0 Å². The zero-order valence-electron chi connectivity index (χ0n) is 16.9. The molecule has 1 atom stereocenters. The molecule has 1 aliphatic rings. The second kappa shape index (κ2) is 7.95. The Morgan fingerprint density at radius 2 is 1.60 bits per heavy atom. The Kier molecular flexibility index (Phi) is 5.19. The third kappa shape index (κ3) is 3.39. The number of Topliss-reactive ketones (excluding diaryl/α,β-unsaturated/α-hetero) is 1. The van der Waals surface area contributed by atoms with Gasteiger partial charge in [-0.15, -0.1) is 0 Å². The molecule has 0 radical (unpaired) electrons. The number of aliphatic hydroxyl groups excluding tert-OH is 1. The zero-order chi connectivity index (χ0) is 21.3. The summed E-state index contributed by atoms with van der Waals surface area (Å²) in [6, 6.07) is 17.5. The van der Waals surface area contributed by atoms with Crippen molar-refractivity contribution in [1.29, 1.82) is 0 Å². The van der Waals surface area contributed by atoms with E-state index in [2.05, 4.69) is 11.9 Å². The molecule has 0 bridgehead atoms. The highest BCUT2D eigenvalue weighted by atomic mass is 16.3. The van der Waals surface area contributed by atoms with Crippen molar-refractivity contribution in [2.75, 3.05) is 4.90 Å². The van der Waals surface area contributed by atoms with Crippen molar-refractivity contribution in [3.05, 3.63) is 101 Å². The van der Waals surface area contributed by atoms with Gasteiger partial charge in [0.1, 0.15) is 5.76 Å². The number of aliphatic hydroxyl groups is 1. The Hall–Kier alpha value is -3.73. The molecule has 1 fully saturated rings. The molecular weight excluding hydrogens is 376 g/mol. The van der Waals surface area contributed by atoms with E-state index in [1.165, 1.54) is 4.90 Å². The van der Waals surface area contributed by atoms with Gasteiger partial charge in [-0.05, 0) is 48.7 Å². The van der Waals surface area contributed by atoms with Crippen molar-refractivity contribution in [2.24, 2.45) is 0 Å². The van der Waals surface area contributed by atoms with E-state index in [0.717, 1.165) is 17.5 Å². The molecule has 1 aromatic heterocycles. The molecule has 1 amide bonds. The molecule has 30 heavy (non-hydrogen) atoms. The van der Waals surface area contributed by atoms with E-state index < -0.39 is 17.7 Å². The average Bonchev–Trinajstić information content (AvgIpc) is 3.05. The quantitative estimate of drug-likeness (QED) is 0.397. The van der Waals surface area contributed by atoms with Gasteiger partial charge in [-0.1, -0.05) is 48.9 Å². The SMILES string of the molecule is CCc1ccc(N2C(=O)C(=O)/C(=C(\O)c3ccc(C)cc3)C2c2ccncc2)cc1. The molecule has 4 rings (SSSR count). The number of pyridine rings is 1. The van der Waals surface area contributed by atoms with Crippen LogP contribution in [-0.4, -0.2) is 21.8 Å². The van der Waals surface area contributed by atoms with Crippen molar-refractivity contribution in [2.45, 2.75) is 26.3 Å². The molecule has 150 valence electrons. The zero-order valence-corrected chi connectivity index (χ0v) is 16.9. The Bertz CT molecular complexity index is 1120. The molecule has 0 aliphatic carbocycles. The fourth-order valence-corrected chi connectivity index (χ4v) is 3.72. The molecule has 1 unspecified atom stereocenters. The number of rotatable bonds is 4. The molecule has 1 saturated heterocycles. The first-order valence-electron chi connectivity index (χ1n) is 9.88. The van der Waals surface area contributed by atoms with Gasteiger partial charge in [-0.25, -0.2) is 0 Å². The molecule has 0 saturated carbocycles. The summed E-state index contributed by atoms with van der Waals surface area (Å²) in [7, 11) is 0. The number of anilines is 1. The van der Waals surface area contributed by atoms with Crippen LogP contribution in [0.25, 0.3) is 5.76 Å². The van der Waals surface area contributed by atoms with Crippen molar-refractivity contribution in [3.63, 3.8) is 0 Å². The number of benzene rings is 2. The molecule has 0 spiro atoms. The van der Waals surface area contributed by atoms with Gasteiger partial charge in [0.25, 0.3) is 11.7 Å². The van der Waals surface area contributed by atoms with E-state index in [1.54, 1.807) is 36.7 Å². The van der Waals surface area contributed by atoms with Gasteiger partial charge in [0, 0.05) is 23.6 Å². The minimum absolute atomic E-state index is 0.0784.